The summed E-state index contributed by atoms with van der Waals surface area (Å²) in [7, 11) is 1.97. The molecule has 3 aromatic rings. The lowest BCUT2D eigenvalue weighted by molar-refractivity contribution is -0.142. The van der Waals surface area contributed by atoms with Crippen molar-refractivity contribution in [3.8, 4) is 5.75 Å². The topological polar surface area (TPSA) is 386 Å². The number of hydrogen-bond acceptors (Lipinski definition) is 16. The lowest BCUT2D eigenvalue weighted by atomic mass is 9.98. The molecule has 4 rings (SSSR count). The smallest absolute Gasteiger partial charge is 0.407 e. The zero-order chi connectivity index (χ0) is 66.1. The van der Waals surface area contributed by atoms with E-state index in [0.717, 1.165) is 39.6 Å². The molecular weight excluding hydrogens is 1180 g/mol. The number of aryl methyl sites for hydroxylation is 1. The number of carboxylic acid groups (broad SMARTS) is 1. The van der Waals surface area contributed by atoms with Gasteiger partial charge in [0.25, 0.3) is 0 Å². The van der Waals surface area contributed by atoms with Crippen LogP contribution in [0.2, 0.25) is 0 Å². The molecule has 0 aliphatic carbocycles. The molecule has 88 heavy (non-hydrogen) atoms. The van der Waals surface area contributed by atoms with Crippen molar-refractivity contribution in [1.82, 2.24) is 52.8 Å². The third-order valence-electron chi connectivity index (χ3n) is 13.7. The number of unbranched alkanes of at least 4 members (excludes halogenated alkanes) is 1. The Hall–Kier alpha value is -7.59. The van der Waals surface area contributed by atoms with Gasteiger partial charge in [-0.1, -0.05) is 51.9 Å². The van der Waals surface area contributed by atoms with Crippen LogP contribution in [0.4, 0.5) is 4.79 Å². The largest absolute Gasteiger partial charge is 0.492 e. The molecule has 0 unspecified atom stereocenters. The molecule has 0 spiro atoms. The molecule has 0 radical (unpaired) electrons. The van der Waals surface area contributed by atoms with E-state index in [2.05, 4.69) is 52.8 Å². The molecule has 1 fully saturated rings. The number of nitrogens with two attached hydrogens (primary N) is 1. The fourth-order valence-corrected chi connectivity index (χ4v) is 12.2. The summed E-state index contributed by atoms with van der Waals surface area (Å²) in [5.41, 5.74) is 6.69. The van der Waals surface area contributed by atoms with Gasteiger partial charge in [0.2, 0.25) is 53.2 Å². The molecular formula is C60H89N11O15S2. The first-order valence-corrected chi connectivity index (χ1v) is 31.1. The van der Waals surface area contributed by atoms with E-state index < -0.39 is 135 Å². The zero-order valence-electron chi connectivity index (χ0n) is 52.7. The highest BCUT2D eigenvalue weighted by atomic mass is 33.1. The van der Waals surface area contributed by atoms with Crippen molar-refractivity contribution >= 4 is 97.7 Å². The fourth-order valence-electron chi connectivity index (χ4n) is 9.36. The molecule has 486 valence electrons. The third-order valence-corrected chi connectivity index (χ3v) is 17.9. The van der Waals surface area contributed by atoms with E-state index in [1.165, 1.54) is 13.8 Å². The van der Waals surface area contributed by atoms with Crippen LogP contribution in [0.15, 0.2) is 48.7 Å². The zero-order valence-corrected chi connectivity index (χ0v) is 54.3. The van der Waals surface area contributed by atoms with E-state index in [1.54, 1.807) is 99.7 Å². The summed E-state index contributed by atoms with van der Waals surface area (Å²) < 4.78 is 14.3. The molecule has 2 heterocycles. The average Bonchev–Trinajstić information content (AvgIpc) is 3.82. The standard InChI is InChI=1S/C60H89N11O15S2/c1-32-18-17-19-39-37(31-64-45(32)39)29-41-50(76)66-40(20-15-16-25-62-34(3)72)49(75)71-48(54(80)69-43(55(81)82)28-36-21-23-38(24-22-36)84-27-26-63-56(83)86-58(8,9)10)60(13,14)88-87-59(11,12)47(65-35(4)73)53(79)68-42(30-44(61)74)51(77)70-46(52(78)67-41)33(2)85-57(5,6)7/h17-19,21-24,31,33,40-43,46-48,64H,15-16,20,25-30H2,1-14H3,(H2,61,74)(H,62,72)(H,63,83)(H,65,73)(H,66,76)(H,67,78)(H,68,79)(H,69,80)(H,70,77)(H,71,75)(H,81,82)/t33-,40+,41+,42+,43+,46+,47-,48-/m1/s1. The molecule has 26 nitrogen and oxygen atoms in total. The van der Waals surface area contributed by atoms with Crippen molar-refractivity contribution in [1.29, 1.82) is 0 Å². The second-order valence-corrected chi connectivity index (χ2v) is 28.2. The number of aromatic amines is 1. The molecule has 0 bridgehead atoms. The Balaban J connectivity index is 1.87. The van der Waals surface area contributed by atoms with Crippen LogP contribution in [-0.4, -0.2) is 164 Å². The lowest BCUT2D eigenvalue weighted by Crippen LogP contribution is -2.64. The number of alkyl carbamates (subject to hydrolysis) is 1. The summed E-state index contributed by atoms with van der Waals surface area (Å²) in [5, 5.41) is 35.4. The Morgan fingerprint density at radius 3 is 1.94 bits per heavy atom. The van der Waals surface area contributed by atoms with Crippen LogP contribution in [0.25, 0.3) is 10.9 Å². The number of amides is 10. The highest BCUT2D eigenvalue weighted by molar-refractivity contribution is 8.77. The maximum atomic E-state index is 15.2. The summed E-state index contributed by atoms with van der Waals surface area (Å²) >= 11 is 0. The van der Waals surface area contributed by atoms with E-state index in [1.807, 2.05) is 25.1 Å². The van der Waals surface area contributed by atoms with Crippen molar-refractivity contribution in [2.75, 3.05) is 19.7 Å². The number of fused-ring (bicyclic) bond motifs is 1. The number of para-hydroxylation sites is 1. The second kappa shape index (κ2) is 32.1. The van der Waals surface area contributed by atoms with Crippen LogP contribution < -0.4 is 58.3 Å². The molecule has 8 atom stereocenters. The molecule has 1 aromatic heterocycles. The summed E-state index contributed by atoms with van der Waals surface area (Å²) in [6.45, 7) is 22.9. The number of hydrogen-bond donors (Lipinski definition) is 12. The van der Waals surface area contributed by atoms with Gasteiger partial charge >= 0.3 is 12.1 Å². The molecule has 1 saturated heterocycles. The fraction of sp³-hybridized carbons (Fsp3) is 0.583. The minimum absolute atomic E-state index is 0.0803. The number of H-pyrrole nitrogens is 1. The predicted molar refractivity (Wildman–Crippen MR) is 333 cm³/mol. The van der Waals surface area contributed by atoms with Crippen LogP contribution in [0.3, 0.4) is 0 Å². The molecule has 1 aliphatic heterocycles. The number of aromatic nitrogens is 1. The van der Waals surface area contributed by atoms with E-state index in [-0.39, 0.29) is 51.3 Å². The Kier molecular flexibility index (Phi) is 26.5. The van der Waals surface area contributed by atoms with Gasteiger partial charge < -0.3 is 77.9 Å². The monoisotopic (exact) mass is 1270 g/mol. The summed E-state index contributed by atoms with van der Waals surface area (Å²) in [4.78, 5) is 155. The number of nitrogens with one attached hydrogen (secondary N) is 10. The summed E-state index contributed by atoms with van der Waals surface area (Å²) in [6.07, 6.45) is -0.865. The number of carboxylic acids is 1. The second-order valence-electron chi connectivity index (χ2n) is 24.7. The Labute approximate surface area is 521 Å². The summed E-state index contributed by atoms with van der Waals surface area (Å²) in [6, 6.07) is 0.776. The number of rotatable bonds is 21. The van der Waals surface area contributed by atoms with E-state index >= 15 is 14.4 Å². The van der Waals surface area contributed by atoms with Gasteiger partial charge in [0, 0.05) is 59.8 Å². The number of primary amides is 1. The van der Waals surface area contributed by atoms with Crippen LogP contribution in [-0.2, 0) is 70.3 Å². The van der Waals surface area contributed by atoms with Gasteiger partial charge in [-0.15, -0.1) is 0 Å². The number of ether oxygens (including phenoxy) is 3. The average molecular weight is 1270 g/mol. The van der Waals surface area contributed by atoms with Gasteiger partial charge in [0.05, 0.1) is 24.7 Å². The number of carbonyl (C=O) groups excluding carboxylic acids is 10. The van der Waals surface area contributed by atoms with Gasteiger partial charge in [0.15, 0.2) is 0 Å². The lowest BCUT2D eigenvalue weighted by Gasteiger charge is -2.39. The van der Waals surface area contributed by atoms with Crippen LogP contribution in [0.5, 0.6) is 5.75 Å². The third kappa shape index (κ3) is 23.5. The highest BCUT2D eigenvalue weighted by Crippen LogP contribution is 2.47. The molecule has 28 heteroatoms. The van der Waals surface area contributed by atoms with Crippen molar-refractivity contribution in [2.45, 2.75) is 205 Å². The quantitative estimate of drug-likeness (QED) is 0.0539. The van der Waals surface area contributed by atoms with Crippen LogP contribution in [0, 0.1) is 6.92 Å². The summed E-state index contributed by atoms with van der Waals surface area (Å²) in [5.74, 6) is -8.75. The van der Waals surface area contributed by atoms with Crippen molar-refractivity contribution in [3.05, 3.63) is 65.4 Å². The molecule has 13 N–H and O–H groups in total. The predicted octanol–water partition coefficient (Wildman–Crippen LogP) is 3.00. The molecule has 1 aliphatic rings. The van der Waals surface area contributed by atoms with Gasteiger partial charge in [0.1, 0.15) is 60.3 Å². The molecule has 2 aromatic carbocycles. The Morgan fingerprint density at radius 2 is 1.34 bits per heavy atom. The molecule has 0 saturated carbocycles. The first-order valence-electron chi connectivity index (χ1n) is 29.0. The van der Waals surface area contributed by atoms with Crippen LogP contribution >= 0.6 is 21.6 Å². The number of aliphatic carboxylic acids is 1. The van der Waals surface area contributed by atoms with Gasteiger partial charge in [-0.3, -0.25) is 43.2 Å². The van der Waals surface area contributed by atoms with Crippen molar-refractivity contribution < 1.29 is 72.1 Å². The van der Waals surface area contributed by atoms with Crippen LogP contribution in [0.1, 0.15) is 132 Å². The minimum Gasteiger partial charge on any atom is -0.492 e. The number of carbonyl (C=O) groups is 11. The van der Waals surface area contributed by atoms with Gasteiger partial charge in [-0.05, 0) is 131 Å². The van der Waals surface area contributed by atoms with E-state index in [0.29, 0.717) is 28.7 Å². The Bertz CT molecular complexity index is 3000. The van der Waals surface area contributed by atoms with E-state index in [4.69, 9.17) is 19.9 Å². The Morgan fingerprint density at radius 1 is 0.727 bits per heavy atom. The normalized spacial score (nSPS) is 21.3. The SMILES string of the molecule is CC(=O)NCCCC[C@@H]1NC(=O)[C@H](Cc2c[nH]c3c(C)cccc23)NC(=O)[C@H]([C@@H](C)OC(C)(C)C)NC(=O)[C@H](CC(N)=O)NC(=O)[C@@H](NC(C)=O)C(C)(C)SSC(C)(C)[C@@H](C(=O)N[C@@H](Cc2ccc(OCCNC(=O)OC(C)(C)C)cc2)C(=O)O)NC1=O. The van der Waals surface area contributed by atoms with Crippen molar-refractivity contribution in [2.24, 2.45) is 5.73 Å². The first kappa shape index (κ1) is 72.9. The maximum Gasteiger partial charge on any atom is 0.407 e. The van der Waals surface area contributed by atoms with Crippen molar-refractivity contribution in [3.63, 3.8) is 0 Å². The maximum absolute atomic E-state index is 15.2. The van der Waals surface area contributed by atoms with E-state index in [9.17, 15) is 43.5 Å². The minimum atomic E-state index is -1.75. The number of benzene rings is 2. The molecule has 10 amide bonds. The first-order chi connectivity index (χ1) is 40.9. The highest BCUT2D eigenvalue weighted by Gasteiger charge is 2.46. The van der Waals surface area contributed by atoms with Gasteiger partial charge in [-0.2, -0.15) is 0 Å². The van der Waals surface area contributed by atoms with Gasteiger partial charge in [-0.25, -0.2) is 9.59 Å².